The summed E-state index contributed by atoms with van der Waals surface area (Å²) in [6.07, 6.45) is 5.42. The second-order valence-corrected chi connectivity index (χ2v) is 5.75. The fraction of sp³-hybridized carbons (Fsp3) is 0.294. The highest BCUT2D eigenvalue weighted by Crippen LogP contribution is 2.20. The van der Waals surface area contributed by atoms with E-state index in [1.54, 1.807) is 6.20 Å². The number of benzene rings is 1. The van der Waals surface area contributed by atoms with Crippen molar-refractivity contribution in [2.24, 2.45) is 0 Å². The monoisotopic (exact) mass is 282 g/mol. The molecule has 0 spiro atoms. The molecule has 0 saturated heterocycles. The fourth-order valence-corrected chi connectivity index (χ4v) is 1.98. The van der Waals surface area contributed by atoms with Crippen LogP contribution < -0.4 is 0 Å². The van der Waals surface area contributed by atoms with Gasteiger partial charge in [-0.2, -0.15) is 5.26 Å². The number of hydrogen-bond acceptors (Lipinski definition) is 3. The van der Waals surface area contributed by atoms with E-state index in [-0.39, 0.29) is 6.09 Å². The SMILES string of the molecule is CC(C)(C)OC(=O)n1ccc2cc(C=CCC#N)ccc21. The highest BCUT2D eigenvalue weighted by molar-refractivity contribution is 5.90. The molecule has 4 heteroatoms. The molecule has 0 unspecified atom stereocenters. The molecule has 0 fully saturated rings. The zero-order chi connectivity index (χ0) is 15.5. The van der Waals surface area contributed by atoms with Crippen LogP contribution in [0.1, 0.15) is 32.8 Å². The van der Waals surface area contributed by atoms with Gasteiger partial charge in [-0.15, -0.1) is 0 Å². The maximum Gasteiger partial charge on any atom is 0.418 e. The third-order valence-electron chi connectivity index (χ3n) is 2.82. The van der Waals surface area contributed by atoms with E-state index in [0.717, 1.165) is 16.5 Å². The number of hydrogen-bond donors (Lipinski definition) is 0. The first kappa shape index (κ1) is 14.9. The standard InChI is InChI=1S/C17H18N2O2/c1-17(2,3)21-16(20)19-11-9-14-12-13(6-4-5-10-18)7-8-15(14)19/h4,6-9,11-12H,5H2,1-3H3. The highest BCUT2D eigenvalue weighted by atomic mass is 16.6. The molecule has 1 aromatic carbocycles. The number of nitrogens with zero attached hydrogens (tertiary/aromatic N) is 2. The number of ether oxygens (including phenoxy) is 1. The molecule has 0 aliphatic carbocycles. The van der Waals surface area contributed by atoms with Gasteiger partial charge in [0.1, 0.15) is 5.60 Å². The van der Waals surface area contributed by atoms with Gasteiger partial charge in [-0.05, 0) is 44.5 Å². The molecule has 0 aliphatic heterocycles. The third-order valence-corrected chi connectivity index (χ3v) is 2.82. The van der Waals surface area contributed by atoms with Gasteiger partial charge in [0.15, 0.2) is 0 Å². The number of carbonyl (C=O) groups excluding carboxylic acids is 1. The lowest BCUT2D eigenvalue weighted by Crippen LogP contribution is -2.26. The van der Waals surface area contributed by atoms with Crippen molar-refractivity contribution in [2.75, 3.05) is 0 Å². The number of rotatable bonds is 2. The average Bonchev–Trinajstić information content (AvgIpc) is 2.80. The van der Waals surface area contributed by atoms with Crippen LogP contribution in [-0.2, 0) is 4.74 Å². The quantitative estimate of drug-likeness (QED) is 0.822. The summed E-state index contributed by atoms with van der Waals surface area (Å²) in [6.45, 7) is 5.53. The summed E-state index contributed by atoms with van der Waals surface area (Å²) in [5.41, 5.74) is 1.29. The molecule has 1 aromatic heterocycles. The van der Waals surface area contributed by atoms with Crippen molar-refractivity contribution in [3.8, 4) is 6.07 Å². The van der Waals surface area contributed by atoms with Crippen LogP contribution in [0.15, 0.2) is 36.5 Å². The molecule has 4 nitrogen and oxygen atoms in total. The van der Waals surface area contributed by atoms with E-state index < -0.39 is 5.60 Å². The lowest BCUT2D eigenvalue weighted by atomic mass is 10.1. The Morgan fingerprint density at radius 1 is 1.38 bits per heavy atom. The minimum Gasteiger partial charge on any atom is -0.443 e. The molecular weight excluding hydrogens is 264 g/mol. The molecule has 21 heavy (non-hydrogen) atoms. The molecular formula is C17H18N2O2. The van der Waals surface area contributed by atoms with Crippen molar-refractivity contribution in [3.63, 3.8) is 0 Å². The second-order valence-electron chi connectivity index (χ2n) is 5.75. The van der Waals surface area contributed by atoms with Crippen LogP contribution in [0.25, 0.3) is 17.0 Å². The Hall–Kier alpha value is -2.54. The lowest BCUT2D eigenvalue weighted by molar-refractivity contribution is 0.0544. The largest absolute Gasteiger partial charge is 0.443 e. The van der Waals surface area contributed by atoms with Gasteiger partial charge in [0.25, 0.3) is 0 Å². The molecule has 0 amide bonds. The smallest absolute Gasteiger partial charge is 0.418 e. The van der Waals surface area contributed by atoms with Crippen LogP contribution in [0, 0.1) is 11.3 Å². The summed E-state index contributed by atoms with van der Waals surface area (Å²) in [4.78, 5) is 12.1. The number of fused-ring (bicyclic) bond motifs is 1. The maximum atomic E-state index is 12.1. The third kappa shape index (κ3) is 3.73. The van der Waals surface area contributed by atoms with Gasteiger partial charge in [-0.25, -0.2) is 4.79 Å². The van der Waals surface area contributed by atoms with Gasteiger partial charge in [-0.3, -0.25) is 4.57 Å². The van der Waals surface area contributed by atoms with E-state index in [1.165, 1.54) is 4.57 Å². The Balaban J connectivity index is 2.29. The van der Waals surface area contributed by atoms with E-state index in [0.29, 0.717) is 6.42 Å². The number of nitriles is 1. The van der Waals surface area contributed by atoms with E-state index >= 15 is 0 Å². The molecule has 2 rings (SSSR count). The maximum absolute atomic E-state index is 12.1. The van der Waals surface area contributed by atoms with Crippen LogP contribution in [0.4, 0.5) is 4.79 Å². The first-order chi connectivity index (χ1) is 9.90. The van der Waals surface area contributed by atoms with Crippen molar-refractivity contribution in [3.05, 3.63) is 42.1 Å². The molecule has 0 saturated carbocycles. The summed E-state index contributed by atoms with van der Waals surface area (Å²) < 4.78 is 6.88. The second kappa shape index (κ2) is 5.84. The van der Waals surface area contributed by atoms with Gasteiger partial charge in [-0.1, -0.05) is 18.2 Å². The molecule has 1 heterocycles. The number of aromatic nitrogens is 1. The van der Waals surface area contributed by atoms with Gasteiger partial charge in [0.05, 0.1) is 18.0 Å². The Bertz CT molecular complexity index is 727. The van der Waals surface area contributed by atoms with Crippen LogP contribution in [0.3, 0.4) is 0 Å². The van der Waals surface area contributed by atoms with E-state index in [1.807, 2.05) is 57.2 Å². The van der Waals surface area contributed by atoms with Crippen molar-refractivity contribution >= 4 is 23.1 Å². The van der Waals surface area contributed by atoms with E-state index in [2.05, 4.69) is 6.07 Å². The highest BCUT2D eigenvalue weighted by Gasteiger charge is 2.18. The molecule has 0 N–H and O–H groups in total. The van der Waals surface area contributed by atoms with Gasteiger partial charge < -0.3 is 4.74 Å². The Morgan fingerprint density at radius 3 is 2.81 bits per heavy atom. The minimum atomic E-state index is -0.520. The zero-order valence-corrected chi connectivity index (χ0v) is 12.5. The molecule has 108 valence electrons. The number of allylic oxidation sites excluding steroid dienone is 1. The van der Waals surface area contributed by atoms with E-state index in [4.69, 9.17) is 10.00 Å². The lowest BCUT2D eigenvalue weighted by Gasteiger charge is -2.19. The summed E-state index contributed by atoms with van der Waals surface area (Å²) in [7, 11) is 0. The Labute approximate surface area is 124 Å². The molecule has 0 aliphatic rings. The fourth-order valence-electron chi connectivity index (χ4n) is 1.98. The molecule has 0 radical (unpaired) electrons. The summed E-state index contributed by atoms with van der Waals surface area (Å²) >= 11 is 0. The Kier molecular flexibility index (Phi) is 4.13. The van der Waals surface area contributed by atoms with Gasteiger partial charge in [0.2, 0.25) is 0 Å². The zero-order valence-electron chi connectivity index (χ0n) is 12.5. The Morgan fingerprint density at radius 2 is 2.14 bits per heavy atom. The molecule has 2 aromatic rings. The van der Waals surface area contributed by atoms with Gasteiger partial charge >= 0.3 is 6.09 Å². The van der Waals surface area contributed by atoms with Crippen LogP contribution >= 0.6 is 0 Å². The minimum absolute atomic E-state index is 0.384. The van der Waals surface area contributed by atoms with Gasteiger partial charge in [0, 0.05) is 11.6 Å². The molecule has 0 atom stereocenters. The molecule has 0 bridgehead atoms. The first-order valence-electron chi connectivity index (χ1n) is 6.79. The first-order valence-corrected chi connectivity index (χ1v) is 6.79. The van der Waals surface area contributed by atoms with Crippen molar-refractivity contribution in [1.29, 1.82) is 5.26 Å². The summed E-state index contributed by atoms with van der Waals surface area (Å²) in [6, 6.07) is 9.71. The summed E-state index contributed by atoms with van der Waals surface area (Å²) in [5.74, 6) is 0. The van der Waals surface area contributed by atoms with E-state index in [9.17, 15) is 4.79 Å². The average molecular weight is 282 g/mol. The predicted molar refractivity (Wildman–Crippen MR) is 82.8 cm³/mol. The van der Waals surface area contributed by atoms with Crippen LogP contribution in [0.2, 0.25) is 0 Å². The normalized spacial score (nSPS) is 11.7. The van der Waals surface area contributed by atoms with Crippen LogP contribution in [-0.4, -0.2) is 16.3 Å². The summed E-state index contributed by atoms with van der Waals surface area (Å²) in [5, 5.41) is 9.48. The predicted octanol–water partition coefficient (Wildman–Crippen LogP) is 4.35. The van der Waals surface area contributed by atoms with Crippen molar-refractivity contribution < 1.29 is 9.53 Å². The van der Waals surface area contributed by atoms with Crippen LogP contribution in [0.5, 0.6) is 0 Å². The number of carbonyl (C=O) groups is 1. The van der Waals surface area contributed by atoms with Crippen molar-refractivity contribution in [2.45, 2.75) is 32.8 Å². The van der Waals surface area contributed by atoms with Crippen molar-refractivity contribution in [1.82, 2.24) is 4.57 Å². The topological polar surface area (TPSA) is 55.0 Å².